The van der Waals surface area contributed by atoms with E-state index in [0.717, 1.165) is 0 Å². The van der Waals surface area contributed by atoms with Gasteiger partial charge in [0.25, 0.3) is 5.60 Å². The van der Waals surface area contributed by atoms with Gasteiger partial charge in [-0.2, -0.15) is 13.2 Å². The molecule has 1 fully saturated rings. The quantitative estimate of drug-likeness (QED) is 0.566. The van der Waals surface area contributed by atoms with Crippen molar-refractivity contribution in [3.8, 4) is 0 Å². The van der Waals surface area contributed by atoms with Crippen molar-refractivity contribution in [2.75, 3.05) is 20.1 Å². The van der Waals surface area contributed by atoms with Gasteiger partial charge >= 0.3 is 6.18 Å². The molecule has 0 radical (unpaired) electrons. The number of hydrogen-bond donors (Lipinski definition) is 0. The van der Waals surface area contributed by atoms with Crippen molar-refractivity contribution >= 4 is 28.9 Å². The maximum Gasteiger partial charge on any atom is 0.435 e. The van der Waals surface area contributed by atoms with Crippen LogP contribution in [-0.4, -0.2) is 36.9 Å². The molecule has 2 heterocycles. The Hall–Kier alpha value is -1.83. The summed E-state index contributed by atoms with van der Waals surface area (Å²) in [6.45, 7) is 0.562. The summed E-state index contributed by atoms with van der Waals surface area (Å²) in [5, 5.41) is 3.84. The molecular weight excluding hydrogens is 431 g/mol. The number of oxime groups is 1. The van der Waals surface area contributed by atoms with E-state index in [2.05, 4.69) is 5.16 Å². The van der Waals surface area contributed by atoms with Crippen molar-refractivity contribution in [1.29, 1.82) is 0 Å². The van der Waals surface area contributed by atoms with E-state index in [1.807, 2.05) is 11.9 Å². The van der Waals surface area contributed by atoms with Crippen LogP contribution < -0.4 is 0 Å². The van der Waals surface area contributed by atoms with Gasteiger partial charge in [0.2, 0.25) is 0 Å². The van der Waals surface area contributed by atoms with Gasteiger partial charge in [-0.05, 0) is 36.4 Å². The number of alkyl halides is 4. The molecule has 0 bridgehead atoms. The number of nitrogens with zero attached hydrogens (tertiary/aromatic N) is 2. The van der Waals surface area contributed by atoms with Crippen LogP contribution in [0.4, 0.5) is 17.6 Å². The summed E-state index contributed by atoms with van der Waals surface area (Å²) in [6.07, 6.45) is -5.30. The molecule has 9 heteroatoms. The van der Waals surface area contributed by atoms with Crippen LogP contribution >= 0.6 is 23.2 Å². The summed E-state index contributed by atoms with van der Waals surface area (Å²) in [7, 11) is 1.82. The molecule has 0 aliphatic carbocycles. The fourth-order valence-corrected chi connectivity index (χ4v) is 4.32. The van der Waals surface area contributed by atoms with Gasteiger partial charge in [0.1, 0.15) is 0 Å². The van der Waals surface area contributed by atoms with Gasteiger partial charge in [-0.25, -0.2) is 4.39 Å². The van der Waals surface area contributed by atoms with Crippen LogP contribution in [0.3, 0.4) is 0 Å². The molecule has 3 nitrogen and oxygen atoms in total. The van der Waals surface area contributed by atoms with Crippen LogP contribution in [0.25, 0.3) is 0 Å². The minimum absolute atomic E-state index is 0.0660. The molecule has 4 rings (SSSR count). The molecular formula is C20H16Cl2F4N2O. The van der Waals surface area contributed by atoms with Crippen molar-refractivity contribution in [3.63, 3.8) is 0 Å². The Morgan fingerprint density at radius 3 is 2.10 bits per heavy atom. The maximum atomic E-state index is 14.7. The van der Waals surface area contributed by atoms with Crippen molar-refractivity contribution in [3.05, 3.63) is 69.2 Å². The van der Waals surface area contributed by atoms with E-state index >= 15 is 0 Å². The van der Waals surface area contributed by atoms with E-state index < -0.39 is 23.9 Å². The first kappa shape index (κ1) is 20.4. The Kier molecular flexibility index (Phi) is 4.83. The highest BCUT2D eigenvalue weighted by Crippen LogP contribution is 2.49. The van der Waals surface area contributed by atoms with Gasteiger partial charge in [0.15, 0.2) is 5.67 Å². The Bertz CT molecular complexity index is 951. The van der Waals surface area contributed by atoms with Gasteiger partial charge in [0.05, 0.1) is 5.71 Å². The second-order valence-corrected chi connectivity index (χ2v) is 8.38. The molecule has 2 aromatic rings. The van der Waals surface area contributed by atoms with Gasteiger partial charge in [0, 0.05) is 35.1 Å². The fraction of sp³-hybridized carbons (Fsp3) is 0.350. The Balaban J connectivity index is 1.63. The normalized spacial score (nSPS) is 24.0. The lowest BCUT2D eigenvalue weighted by Crippen LogP contribution is -2.54. The third kappa shape index (κ3) is 3.49. The lowest BCUT2D eigenvalue weighted by molar-refractivity contribution is -0.275. The number of likely N-dealkylation sites (tertiary alicyclic amines) is 1. The zero-order chi connectivity index (χ0) is 21.0. The third-order valence-corrected chi connectivity index (χ3v) is 5.73. The maximum absolute atomic E-state index is 14.7. The minimum Gasteiger partial charge on any atom is -0.374 e. The highest BCUT2D eigenvalue weighted by molar-refractivity contribution is 6.34. The van der Waals surface area contributed by atoms with Crippen molar-refractivity contribution < 1.29 is 22.4 Å². The van der Waals surface area contributed by atoms with Gasteiger partial charge in [-0.1, -0.05) is 52.6 Å². The molecule has 154 valence electrons. The molecule has 1 atom stereocenters. The van der Waals surface area contributed by atoms with Crippen molar-refractivity contribution in [1.82, 2.24) is 4.90 Å². The van der Waals surface area contributed by atoms with E-state index in [9.17, 15) is 17.6 Å². The van der Waals surface area contributed by atoms with Crippen LogP contribution in [0, 0.1) is 0 Å². The first-order valence-electron chi connectivity index (χ1n) is 8.79. The zero-order valence-corrected chi connectivity index (χ0v) is 16.7. The topological polar surface area (TPSA) is 24.8 Å². The molecule has 2 aliphatic rings. The summed E-state index contributed by atoms with van der Waals surface area (Å²) in [4.78, 5) is 6.82. The first-order valence-corrected chi connectivity index (χ1v) is 9.55. The van der Waals surface area contributed by atoms with Crippen LogP contribution in [-0.2, 0) is 16.1 Å². The molecule has 0 saturated carbocycles. The number of benzene rings is 2. The smallest absolute Gasteiger partial charge is 0.374 e. The van der Waals surface area contributed by atoms with Crippen LogP contribution in [0.2, 0.25) is 10.0 Å². The van der Waals surface area contributed by atoms with Crippen molar-refractivity contribution in [2.45, 2.75) is 23.9 Å². The summed E-state index contributed by atoms with van der Waals surface area (Å²) in [5.41, 5.74) is -3.31. The number of hydrogen-bond acceptors (Lipinski definition) is 3. The monoisotopic (exact) mass is 446 g/mol. The molecule has 0 N–H and O–H groups in total. The Labute approximate surface area is 174 Å². The summed E-state index contributed by atoms with van der Waals surface area (Å²) in [5.74, 6) is 0. The highest BCUT2D eigenvalue weighted by Gasteiger charge is 2.62. The lowest BCUT2D eigenvalue weighted by Gasteiger charge is -2.42. The standard InChI is InChI=1S/C20H16Cl2F4N2O/c1-28-10-18(23,11-28)13-4-2-12(3-5-13)17-9-19(29-27-17,20(24,25)26)14-6-15(21)8-16(22)7-14/h2-8H,9-11H2,1H3. The predicted octanol–water partition coefficient (Wildman–Crippen LogP) is 5.69. The van der Waals surface area contributed by atoms with Crippen molar-refractivity contribution in [2.24, 2.45) is 5.16 Å². The molecule has 1 saturated heterocycles. The molecule has 1 unspecified atom stereocenters. The van der Waals surface area contributed by atoms with Crippen LogP contribution in [0.1, 0.15) is 23.1 Å². The summed E-state index contributed by atoms with van der Waals surface area (Å²) < 4.78 is 56.8. The first-order chi connectivity index (χ1) is 13.5. The third-order valence-electron chi connectivity index (χ3n) is 5.29. The van der Waals surface area contributed by atoms with E-state index in [4.69, 9.17) is 28.0 Å². The summed E-state index contributed by atoms with van der Waals surface area (Å²) >= 11 is 11.8. The molecule has 0 aromatic heterocycles. The Morgan fingerprint density at radius 1 is 1.00 bits per heavy atom. The van der Waals surface area contributed by atoms with E-state index in [1.165, 1.54) is 18.2 Å². The average molecular weight is 447 g/mol. The second-order valence-electron chi connectivity index (χ2n) is 7.50. The molecule has 29 heavy (non-hydrogen) atoms. The largest absolute Gasteiger partial charge is 0.435 e. The average Bonchev–Trinajstić information content (AvgIpc) is 3.06. The minimum atomic E-state index is -4.76. The highest BCUT2D eigenvalue weighted by atomic mass is 35.5. The zero-order valence-electron chi connectivity index (χ0n) is 15.2. The lowest BCUT2D eigenvalue weighted by atomic mass is 9.85. The van der Waals surface area contributed by atoms with E-state index in [0.29, 0.717) is 11.1 Å². The number of likely N-dealkylation sites (N-methyl/N-ethyl adjacent to an activating group) is 1. The van der Waals surface area contributed by atoms with Gasteiger partial charge in [-0.15, -0.1) is 0 Å². The molecule has 2 aromatic carbocycles. The van der Waals surface area contributed by atoms with Gasteiger partial charge in [-0.3, -0.25) is 4.90 Å². The molecule has 0 spiro atoms. The second kappa shape index (κ2) is 6.86. The van der Waals surface area contributed by atoms with E-state index in [1.54, 1.807) is 24.3 Å². The van der Waals surface area contributed by atoms with Gasteiger partial charge < -0.3 is 4.84 Å². The number of halogens is 6. The Morgan fingerprint density at radius 2 is 1.59 bits per heavy atom. The predicted molar refractivity (Wildman–Crippen MR) is 103 cm³/mol. The summed E-state index contributed by atoms with van der Waals surface area (Å²) in [6, 6.07) is 9.97. The number of rotatable bonds is 3. The molecule has 2 aliphatic heterocycles. The van der Waals surface area contributed by atoms with Crippen LogP contribution in [0.15, 0.2) is 47.6 Å². The van der Waals surface area contributed by atoms with Crippen LogP contribution in [0.5, 0.6) is 0 Å². The molecule has 0 amide bonds. The fourth-order valence-electron chi connectivity index (χ4n) is 3.80. The van der Waals surface area contributed by atoms with E-state index in [-0.39, 0.29) is 34.4 Å². The SMILES string of the molecule is CN1CC(F)(c2ccc(C3=NOC(c4cc(Cl)cc(Cl)c4)(C(F)(F)F)C3)cc2)C1.